The van der Waals surface area contributed by atoms with Gasteiger partial charge in [0.15, 0.2) is 25.2 Å². The third-order valence-electron chi connectivity index (χ3n) is 9.17. The molecule has 49 heavy (non-hydrogen) atoms. The number of nitrogens with one attached hydrogen (secondary N) is 1. The van der Waals surface area contributed by atoms with Gasteiger partial charge >= 0.3 is 0 Å². The lowest BCUT2D eigenvalue weighted by molar-refractivity contribution is -0.390. The average molecular weight is 718 g/mol. The Kier molecular flexibility index (Phi) is 14.1. The Morgan fingerprint density at radius 1 is 0.551 bits per heavy atom. The van der Waals surface area contributed by atoms with Crippen LogP contribution in [0.2, 0.25) is 0 Å². The molecule has 4 saturated heterocycles. The molecule has 20 atom stereocenters. The molecule has 4 fully saturated rings. The second-order valence-electron chi connectivity index (χ2n) is 12.9. The zero-order valence-electron chi connectivity index (χ0n) is 27.7. The first kappa shape index (κ1) is 40.5. The Balaban J connectivity index is 1.53. The van der Waals surface area contributed by atoms with Crippen molar-refractivity contribution in [1.29, 1.82) is 0 Å². The fourth-order valence-corrected chi connectivity index (χ4v) is 6.15. The number of hydrogen-bond donors (Lipinski definition) is 11. The Labute approximate surface area is 281 Å². The average Bonchev–Trinajstić information content (AvgIpc) is 3.05. The second kappa shape index (κ2) is 17.1. The molecular weight excluding hydrogens is 666 g/mol. The molecule has 0 saturated carbocycles. The van der Waals surface area contributed by atoms with Crippen LogP contribution in [0.4, 0.5) is 0 Å². The zero-order chi connectivity index (χ0) is 36.5. The van der Waals surface area contributed by atoms with E-state index in [0.717, 1.165) is 0 Å². The summed E-state index contributed by atoms with van der Waals surface area (Å²) in [7, 11) is 0. The minimum atomic E-state index is -1.86. The van der Waals surface area contributed by atoms with E-state index in [1.54, 1.807) is 0 Å². The highest BCUT2D eigenvalue weighted by molar-refractivity contribution is 5.73. The molecule has 0 spiro atoms. The summed E-state index contributed by atoms with van der Waals surface area (Å²) in [5.41, 5.74) is 0. The van der Waals surface area contributed by atoms with E-state index < -0.39 is 148 Å². The van der Waals surface area contributed by atoms with Crippen LogP contribution < -0.4 is 5.32 Å². The molecule has 4 rings (SSSR count). The SMILES string of the molecule is CC(=O)N[C@H]1[C@@H](O)[C@@H](C)O[C@H](O[C@H]2[C@H](O[C@@H]3[C@@H](O)[C@H](C)O[C@@H](O[C@@H]4[C@@H](O)[C@H](C)O[C@@H](OC(CO)CO)[C@@H]4O)[C@@H]3O)O[C@@H](C)[C@H](O)[C@H]2O)[C@@H]1O. The van der Waals surface area contributed by atoms with Gasteiger partial charge in [-0.1, -0.05) is 0 Å². The van der Waals surface area contributed by atoms with Crippen LogP contribution in [0.15, 0.2) is 0 Å². The smallest absolute Gasteiger partial charge is 0.217 e. The minimum absolute atomic E-state index is 0.561. The largest absolute Gasteiger partial charge is 0.394 e. The number of ether oxygens (including phenoxy) is 8. The number of rotatable bonds is 11. The van der Waals surface area contributed by atoms with Crippen molar-refractivity contribution >= 4 is 5.91 Å². The highest BCUT2D eigenvalue weighted by Gasteiger charge is 2.54. The Morgan fingerprint density at radius 2 is 0.959 bits per heavy atom. The molecule has 11 N–H and O–H groups in total. The van der Waals surface area contributed by atoms with Crippen molar-refractivity contribution < 1.29 is 93.8 Å². The maximum absolute atomic E-state index is 11.7. The fourth-order valence-electron chi connectivity index (χ4n) is 6.15. The van der Waals surface area contributed by atoms with E-state index in [2.05, 4.69) is 5.32 Å². The van der Waals surface area contributed by atoms with E-state index >= 15 is 0 Å². The van der Waals surface area contributed by atoms with Gasteiger partial charge in [0.25, 0.3) is 0 Å². The van der Waals surface area contributed by atoms with E-state index in [4.69, 9.17) is 37.9 Å². The maximum atomic E-state index is 11.7. The molecule has 4 heterocycles. The predicted octanol–water partition coefficient (Wildman–Crippen LogP) is -6.12. The summed E-state index contributed by atoms with van der Waals surface area (Å²) in [6.07, 6.45) is -29.4. The van der Waals surface area contributed by atoms with Crippen molar-refractivity contribution in [3.05, 3.63) is 0 Å². The molecule has 0 aromatic heterocycles. The predicted molar refractivity (Wildman–Crippen MR) is 157 cm³/mol. The second-order valence-corrected chi connectivity index (χ2v) is 12.9. The molecule has 20 heteroatoms. The quantitative estimate of drug-likeness (QED) is 0.0947. The van der Waals surface area contributed by atoms with Crippen LogP contribution in [0.5, 0.6) is 0 Å². The molecule has 4 aliphatic heterocycles. The van der Waals surface area contributed by atoms with Crippen LogP contribution in [0.3, 0.4) is 0 Å². The maximum Gasteiger partial charge on any atom is 0.217 e. The van der Waals surface area contributed by atoms with E-state index in [1.807, 2.05) is 0 Å². The Bertz CT molecular complexity index is 1060. The number of aliphatic hydroxyl groups is 10. The molecule has 20 nitrogen and oxygen atoms in total. The van der Waals surface area contributed by atoms with Gasteiger partial charge in [-0.25, -0.2) is 0 Å². The molecule has 0 aromatic carbocycles. The van der Waals surface area contributed by atoms with Gasteiger partial charge in [-0.2, -0.15) is 0 Å². The summed E-state index contributed by atoms with van der Waals surface area (Å²) < 4.78 is 45.6. The molecule has 0 bridgehead atoms. The van der Waals surface area contributed by atoms with Crippen LogP contribution in [0.1, 0.15) is 34.6 Å². The third kappa shape index (κ3) is 8.87. The normalized spacial score (nSPS) is 49.6. The summed E-state index contributed by atoms with van der Waals surface area (Å²) in [5.74, 6) is -0.561. The lowest BCUT2D eigenvalue weighted by atomic mass is 9.95. The van der Waals surface area contributed by atoms with Crippen molar-refractivity contribution in [2.24, 2.45) is 0 Å². The van der Waals surface area contributed by atoms with Crippen LogP contribution in [-0.2, 0) is 42.7 Å². The molecule has 0 aromatic rings. The monoisotopic (exact) mass is 717 g/mol. The highest BCUT2D eigenvalue weighted by Crippen LogP contribution is 2.35. The summed E-state index contributed by atoms with van der Waals surface area (Å²) >= 11 is 0. The zero-order valence-corrected chi connectivity index (χ0v) is 27.7. The Hall–Kier alpha value is -1.25. The number of amides is 1. The van der Waals surface area contributed by atoms with Gasteiger partial charge < -0.3 is 94.3 Å². The van der Waals surface area contributed by atoms with Crippen molar-refractivity contribution in [2.75, 3.05) is 13.2 Å². The van der Waals surface area contributed by atoms with Gasteiger partial charge in [-0.15, -0.1) is 0 Å². The first-order chi connectivity index (χ1) is 23.0. The summed E-state index contributed by atoms with van der Waals surface area (Å²) in [5, 5.41) is 108. The minimum Gasteiger partial charge on any atom is -0.394 e. The third-order valence-corrected chi connectivity index (χ3v) is 9.17. The van der Waals surface area contributed by atoms with Crippen LogP contribution >= 0.6 is 0 Å². The van der Waals surface area contributed by atoms with E-state index in [1.165, 1.54) is 34.6 Å². The van der Waals surface area contributed by atoms with Gasteiger partial charge in [0.05, 0.1) is 43.7 Å². The van der Waals surface area contributed by atoms with Crippen LogP contribution in [0, 0.1) is 0 Å². The topological polar surface area (TPSA) is 305 Å². The molecule has 1 amide bonds. The van der Waals surface area contributed by atoms with Crippen molar-refractivity contribution in [1.82, 2.24) is 5.32 Å². The van der Waals surface area contributed by atoms with Crippen molar-refractivity contribution in [2.45, 2.75) is 163 Å². The van der Waals surface area contributed by atoms with Gasteiger partial charge in [0, 0.05) is 6.92 Å². The highest BCUT2D eigenvalue weighted by atomic mass is 16.8. The molecule has 0 aliphatic carbocycles. The molecule has 0 radical (unpaired) electrons. The van der Waals surface area contributed by atoms with Crippen LogP contribution in [-0.4, -0.2) is 199 Å². The summed E-state index contributed by atoms with van der Waals surface area (Å²) in [6, 6.07) is -1.24. The van der Waals surface area contributed by atoms with E-state index in [0.29, 0.717) is 0 Å². The van der Waals surface area contributed by atoms with Crippen molar-refractivity contribution in [3.8, 4) is 0 Å². The molecule has 4 aliphatic rings. The molecular formula is C29H51NO19. The lowest BCUT2D eigenvalue weighted by Crippen LogP contribution is -2.67. The summed E-state index contributed by atoms with van der Waals surface area (Å²) in [4.78, 5) is 11.7. The standard InChI is InChI=1S/C29H51NO19/c1-8-15(34)14(30-12(5)33)19(38)26(42-8)49-25-20(39)16(35)9(2)45-29(25)48-24-18(37)11(4)44-28(22(24)41)47-23-17(36)10(3)43-27(21(23)40)46-13(6-31)7-32/h8-11,13-29,31-32,34-41H,6-7H2,1-5H3,(H,30,33)/t8-,9+,10+,11+,14+,15+,16+,17+,18+,19-,20-,21-,22-,23-,24-,25-,26-,27+,28+,29+/m1/s1. The van der Waals surface area contributed by atoms with Gasteiger partial charge in [0.2, 0.25) is 5.91 Å². The molecule has 0 unspecified atom stereocenters. The Morgan fingerprint density at radius 3 is 1.49 bits per heavy atom. The number of carbonyl (C=O) groups is 1. The van der Waals surface area contributed by atoms with Crippen LogP contribution in [0.25, 0.3) is 0 Å². The van der Waals surface area contributed by atoms with Gasteiger partial charge in [-0.3, -0.25) is 4.79 Å². The van der Waals surface area contributed by atoms with Crippen molar-refractivity contribution in [3.63, 3.8) is 0 Å². The fraction of sp³-hybridized carbons (Fsp3) is 0.966. The van der Waals surface area contributed by atoms with Gasteiger partial charge in [0.1, 0.15) is 73.2 Å². The number of carbonyl (C=O) groups excluding carboxylic acids is 1. The molecule has 286 valence electrons. The summed E-state index contributed by atoms with van der Waals surface area (Å²) in [6.45, 7) is 5.69. The lowest BCUT2D eigenvalue weighted by Gasteiger charge is -2.49. The number of hydrogen-bond acceptors (Lipinski definition) is 19. The van der Waals surface area contributed by atoms with E-state index in [9.17, 15) is 55.9 Å². The first-order valence-electron chi connectivity index (χ1n) is 16.2. The number of aliphatic hydroxyl groups excluding tert-OH is 10. The van der Waals surface area contributed by atoms with Gasteiger partial charge in [-0.05, 0) is 27.7 Å². The first-order valence-corrected chi connectivity index (χ1v) is 16.2. The van der Waals surface area contributed by atoms with E-state index in [-0.39, 0.29) is 0 Å².